The summed E-state index contributed by atoms with van der Waals surface area (Å²) in [6, 6.07) is 10.7. The molecule has 3 N–H and O–H groups in total. The monoisotopic (exact) mass is 613 g/mol. The first-order chi connectivity index (χ1) is 17.2. The molecule has 1 aromatic heterocycles. The molecule has 37 heavy (non-hydrogen) atoms. The van der Waals surface area contributed by atoms with Gasteiger partial charge in [0.15, 0.2) is 17.6 Å². The fraction of sp³-hybridized carbons (Fsp3) is 0.533. The summed E-state index contributed by atoms with van der Waals surface area (Å²) in [6.07, 6.45) is 4.60. The van der Waals surface area contributed by atoms with E-state index in [2.05, 4.69) is 55.3 Å². The maximum absolute atomic E-state index is 13.0. The molecule has 2 bridgehead atoms. The summed E-state index contributed by atoms with van der Waals surface area (Å²) in [5, 5.41) is 25.0. The third kappa shape index (κ3) is 3.14. The number of ether oxygens (including phenoxy) is 1. The summed E-state index contributed by atoms with van der Waals surface area (Å²) < 4.78 is 7.57. The van der Waals surface area contributed by atoms with Crippen molar-refractivity contribution in [3.63, 3.8) is 0 Å². The molecule has 3 aliphatic carbocycles. The second kappa shape index (κ2) is 7.64. The third-order valence-electron chi connectivity index (χ3n) is 9.88. The number of quaternary nitrogens is 1. The Hall–Kier alpha value is -1.81. The summed E-state index contributed by atoms with van der Waals surface area (Å²) >= 11 is 0. The Morgan fingerprint density at radius 3 is 2.73 bits per heavy atom. The minimum atomic E-state index is -0.935. The summed E-state index contributed by atoms with van der Waals surface area (Å²) in [6.45, 7) is 3.01. The molecule has 4 atom stereocenters. The second-order valence-electron chi connectivity index (χ2n) is 13.3. The lowest BCUT2D eigenvalue weighted by atomic mass is 9.49. The first-order valence-electron chi connectivity index (χ1n) is 13.6. The van der Waals surface area contributed by atoms with Gasteiger partial charge in [-0.3, -0.25) is 4.90 Å². The van der Waals surface area contributed by atoms with Crippen LogP contribution in [0.3, 0.4) is 0 Å². The predicted octanol–water partition coefficient (Wildman–Crippen LogP) is 0.783. The van der Waals surface area contributed by atoms with E-state index in [1.165, 1.54) is 34.9 Å². The van der Waals surface area contributed by atoms with E-state index >= 15 is 0 Å². The van der Waals surface area contributed by atoms with Gasteiger partial charge in [0.25, 0.3) is 0 Å². The van der Waals surface area contributed by atoms with Crippen LogP contribution < -0.4 is 28.7 Å². The van der Waals surface area contributed by atoms with Crippen LogP contribution in [0.1, 0.15) is 53.3 Å². The molecule has 2 aliphatic heterocycles. The van der Waals surface area contributed by atoms with Crippen molar-refractivity contribution in [1.29, 1.82) is 0 Å². The Labute approximate surface area is 235 Å². The molecule has 1 spiro atoms. The smallest absolute Gasteiger partial charge is 0.166 e. The number of nitrogens with zero attached hydrogens (tertiary/aromatic N) is 2. The number of rotatable bonds is 4. The first-order valence-corrected chi connectivity index (χ1v) is 13.6. The van der Waals surface area contributed by atoms with Crippen LogP contribution in [-0.2, 0) is 24.8 Å². The highest BCUT2D eigenvalue weighted by molar-refractivity contribution is 5.87. The van der Waals surface area contributed by atoms with E-state index in [0.29, 0.717) is 12.2 Å². The minimum Gasteiger partial charge on any atom is -1.00 e. The number of hydrogen-bond acceptors (Lipinski definition) is 4. The van der Waals surface area contributed by atoms with Crippen molar-refractivity contribution in [2.75, 3.05) is 34.2 Å². The van der Waals surface area contributed by atoms with Crippen molar-refractivity contribution in [1.82, 2.24) is 9.88 Å². The van der Waals surface area contributed by atoms with Crippen LogP contribution in [0.5, 0.6) is 11.5 Å². The molecule has 0 radical (unpaired) electrons. The number of H-pyrrole nitrogens is 1. The average molecular weight is 614 g/mol. The average Bonchev–Trinajstić information content (AvgIpc) is 3.45. The van der Waals surface area contributed by atoms with Gasteiger partial charge in [-0.05, 0) is 67.5 Å². The lowest BCUT2D eigenvalue weighted by molar-refractivity contribution is -0.883. The Kier molecular flexibility index (Phi) is 5.01. The van der Waals surface area contributed by atoms with Crippen LogP contribution in [0.25, 0.3) is 10.9 Å². The largest absolute Gasteiger partial charge is 1.00 e. The minimum absolute atomic E-state index is 0. The van der Waals surface area contributed by atoms with Crippen LogP contribution in [-0.4, -0.2) is 70.5 Å². The van der Waals surface area contributed by atoms with E-state index in [1.54, 1.807) is 6.07 Å². The number of likely N-dealkylation sites (tertiary alicyclic amines) is 1. The maximum atomic E-state index is 13.0. The van der Waals surface area contributed by atoms with Crippen molar-refractivity contribution < 1.29 is 43.4 Å². The predicted molar refractivity (Wildman–Crippen MR) is 138 cm³/mol. The van der Waals surface area contributed by atoms with Crippen LogP contribution >= 0.6 is 0 Å². The van der Waals surface area contributed by atoms with Gasteiger partial charge in [-0.15, -0.1) is 0 Å². The van der Waals surface area contributed by atoms with Gasteiger partial charge in [-0.2, -0.15) is 0 Å². The number of fused-ring (bicyclic) bond motifs is 4. The zero-order valence-corrected chi connectivity index (χ0v) is 24.0. The van der Waals surface area contributed by atoms with E-state index < -0.39 is 11.0 Å². The van der Waals surface area contributed by atoms with E-state index in [-0.39, 0.29) is 41.9 Å². The van der Waals surface area contributed by atoms with Gasteiger partial charge in [0, 0.05) is 41.0 Å². The molecule has 0 unspecified atom stereocenters. The number of benzene rings is 2. The Morgan fingerprint density at radius 1 is 1.16 bits per heavy atom. The summed E-state index contributed by atoms with van der Waals surface area (Å²) in [5.74, 6) is 1.57. The number of aliphatic hydroxyl groups is 1. The van der Waals surface area contributed by atoms with Crippen LogP contribution in [0.4, 0.5) is 0 Å². The fourth-order valence-corrected chi connectivity index (χ4v) is 8.31. The maximum Gasteiger partial charge on any atom is 0.166 e. The van der Waals surface area contributed by atoms with Gasteiger partial charge in [-0.1, -0.05) is 12.1 Å². The molecule has 5 aliphatic rings. The normalized spacial score (nSPS) is 31.5. The molecule has 8 rings (SSSR count). The molecular formula is C30H36IN3O3. The highest BCUT2D eigenvalue weighted by Crippen LogP contribution is 2.69. The number of aromatic nitrogens is 1. The number of phenolic OH excluding ortho intramolecular Hbond substituents is 1. The number of aromatic hydroxyl groups is 1. The number of aromatic amines is 1. The van der Waals surface area contributed by atoms with Crippen LogP contribution in [0.15, 0.2) is 30.3 Å². The second-order valence-corrected chi connectivity index (χ2v) is 13.3. The molecule has 1 saturated carbocycles. The number of piperidine rings is 1. The highest BCUT2D eigenvalue weighted by atomic mass is 127. The standard InChI is InChI=1S/C30H35N3O3.HI/c1-33(2,3)16-18-6-8-22-20(12-18)21-14-30(35)24-13-19-7-9-23(34)27-25(19)29(30,28(36-27)26(21)31-22)10-11-32(24)15-17-4-5-17;/h6-9,12,17,24,28,31,35H,4-5,10-11,13-16H2,1-3H3;1H/t24-,28+,29+,30-;/m1./s1. The molecule has 196 valence electrons. The summed E-state index contributed by atoms with van der Waals surface area (Å²) in [5.41, 5.74) is 5.56. The zero-order valence-electron chi connectivity index (χ0n) is 21.9. The molecule has 2 fully saturated rings. The van der Waals surface area contributed by atoms with Gasteiger partial charge in [0.1, 0.15) is 6.54 Å². The number of halogens is 1. The van der Waals surface area contributed by atoms with Crippen molar-refractivity contribution in [2.24, 2.45) is 5.92 Å². The summed E-state index contributed by atoms with van der Waals surface area (Å²) in [4.78, 5) is 6.32. The van der Waals surface area contributed by atoms with Gasteiger partial charge >= 0.3 is 0 Å². The zero-order chi connectivity index (χ0) is 24.6. The van der Waals surface area contributed by atoms with E-state index in [1.807, 2.05) is 0 Å². The van der Waals surface area contributed by atoms with Crippen molar-refractivity contribution in [3.8, 4) is 11.5 Å². The van der Waals surface area contributed by atoms with E-state index in [0.717, 1.165) is 59.7 Å². The van der Waals surface area contributed by atoms with E-state index in [9.17, 15) is 10.2 Å². The number of hydrogen-bond donors (Lipinski definition) is 3. The third-order valence-corrected chi connectivity index (χ3v) is 9.88. The molecule has 6 nitrogen and oxygen atoms in total. The van der Waals surface area contributed by atoms with Gasteiger partial charge in [0.2, 0.25) is 0 Å². The Balaban J connectivity index is 0.00000231. The molecule has 3 aromatic rings. The topological polar surface area (TPSA) is 68.7 Å². The van der Waals surface area contributed by atoms with Gasteiger partial charge in [0.05, 0.1) is 37.9 Å². The lowest BCUT2D eigenvalue weighted by Gasteiger charge is -2.62. The lowest BCUT2D eigenvalue weighted by Crippen LogP contribution is -3.00. The molecular weight excluding hydrogens is 577 g/mol. The SMILES string of the molecule is C[N+](C)(C)Cc1ccc2[nH]c3c(c2c1)C[C@@]1(O)[C@H]2Cc4ccc(O)c5c4[C@@]1(CCN2CC1CC1)[C@H]3O5.[I-]. The Bertz CT molecular complexity index is 1440. The van der Waals surface area contributed by atoms with Gasteiger partial charge in [-0.25, -0.2) is 0 Å². The van der Waals surface area contributed by atoms with E-state index in [4.69, 9.17) is 4.74 Å². The molecule has 3 heterocycles. The number of phenols is 1. The molecule has 1 saturated heterocycles. The molecule has 7 heteroatoms. The Morgan fingerprint density at radius 2 is 1.97 bits per heavy atom. The van der Waals surface area contributed by atoms with Crippen molar-refractivity contribution in [3.05, 3.63) is 58.3 Å². The van der Waals surface area contributed by atoms with Crippen molar-refractivity contribution >= 4 is 10.9 Å². The van der Waals surface area contributed by atoms with Gasteiger partial charge < -0.3 is 48.4 Å². The first kappa shape index (κ1) is 24.2. The molecule has 0 amide bonds. The number of nitrogens with one attached hydrogen (secondary N) is 1. The quantitative estimate of drug-likeness (QED) is 0.301. The van der Waals surface area contributed by atoms with Crippen molar-refractivity contribution in [2.45, 2.75) is 61.8 Å². The summed E-state index contributed by atoms with van der Waals surface area (Å²) in [7, 11) is 6.65. The molecule has 2 aromatic carbocycles. The van der Waals surface area contributed by atoms with Crippen LogP contribution in [0, 0.1) is 5.92 Å². The fourth-order valence-electron chi connectivity index (χ4n) is 8.31. The highest BCUT2D eigenvalue weighted by Gasteiger charge is 2.72. The van der Waals surface area contributed by atoms with Crippen LogP contribution in [0.2, 0.25) is 0 Å².